The third-order valence-corrected chi connectivity index (χ3v) is 3.47. The zero-order chi connectivity index (χ0) is 16.8. The van der Waals surface area contributed by atoms with Crippen molar-refractivity contribution in [3.05, 3.63) is 36.5 Å². The van der Waals surface area contributed by atoms with Gasteiger partial charge in [-0.2, -0.15) is 0 Å². The van der Waals surface area contributed by atoms with Crippen molar-refractivity contribution in [2.75, 3.05) is 26.8 Å². The summed E-state index contributed by atoms with van der Waals surface area (Å²) in [5, 5.41) is 8.97. The molecule has 1 aromatic rings. The second kappa shape index (κ2) is 7.64. The number of nitrogens with zero attached hydrogens (tertiary/aromatic N) is 2. The van der Waals surface area contributed by atoms with Gasteiger partial charge in [0.15, 0.2) is 6.10 Å². The van der Waals surface area contributed by atoms with Crippen molar-refractivity contribution in [3.8, 4) is 11.5 Å². The predicted molar refractivity (Wildman–Crippen MR) is 86.6 cm³/mol. The predicted octanol–water partition coefficient (Wildman–Crippen LogP) is 0.516. The fourth-order valence-electron chi connectivity index (χ4n) is 2.36. The number of primary amides is 1. The summed E-state index contributed by atoms with van der Waals surface area (Å²) in [7, 11) is 1.70. The minimum absolute atomic E-state index is 0.138. The summed E-state index contributed by atoms with van der Waals surface area (Å²) in [5.41, 5.74) is 6.08. The Bertz CT molecular complexity index is 615. The minimum Gasteiger partial charge on any atom is -0.491 e. The van der Waals surface area contributed by atoms with Gasteiger partial charge in [-0.3, -0.25) is 9.79 Å². The Balaban J connectivity index is 2.30. The van der Waals surface area contributed by atoms with Gasteiger partial charge in [0.2, 0.25) is 0 Å². The topological polar surface area (TPSA) is 97.4 Å². The van der Waals surface area contributed by atoms with Gasteiger partial charge in [-0.05, 0) is 18.3 Å². The molecule has 23 heavy (non-hydrogen) atoms. The molecule has 1 amide bonds. The number of ether oxygens (including phenoxy) is 2. The molecule has 1 aliphatic rings. The van der Waals surface area contributed by atoms with E-state index in [1.54, 1.807) is 25.4 Å². The van der Waals surface area contributed by atoms with E-state index in [0.29, 0.717) is 24.7 Å². The number of hydrogen-bond acceptors (Lipinski definition) is 5. The Kier molecular flexibility index (Phi) is 5.59. The maximum absolute atomic E-state index is 11.3. The molecule has 3 N–H and O–H groups in total. The third kappa shape index (κ3) is 3.81. The summed E-state index contributed by atoms with van der Waals surface area (Å²) in [5.74, 6) is 1.19. The number of aliphatic imine (C=N–C) groups is 1. The molecule has 7 heteroatoms. The lowest BCUT2D eigenvalue weighted by molar-refractivity contribution is -0.125. The highest BCUT2D eigenvalue weighted by atomic mass is 16.5. The number of hydrogen-bond donors (Lipinski definition) is 2. The highest BCUT2D eigenvalue weighted by Gasteiger charge is 2.22. The van der Waals surface area contributed by atoms with Crippen LogP contribution in [0.15, 0.2) is 36.0 Å². The molecular weight excluding hydrogens is 298 g/mol. The Morgan fingerprint density at radius 1 is 1.65 bits per heavy atom. The quantitative estimate of drug-likeness (QED) is 0.796. The normalized spacial score (nSPS) is 17.0. The molecule has 124 valence electrons. The Hall–Kier alpha value is -2.54. The molecule has 0 saturated heterocycles. The standard InChI is InChI=1S/C16H21N3O4/c1-3-19-7-9-22-14-10-11(4-5-12(14)16(19)18-2)23-13(6-8-20)15(17)21/h3-5,10,13,20H,1,6-9H2,2H3,(H2,17,21)/t13-/m0/s1. The Morgan fingerprint density at radius 3 is 3.04 bits per heavy atom. The smallest absolute Gasteiger partial charge is 0.258 e. The van der Waals surface area contributed by atoms with Crippen LogP contribution in [-0.4, -0.2) is 54.7 Å². The second-order valence-corrected chi connectivity index (χ2v) is 4.95. The highest BCUT2D eigenvalue weighted by Crippen LogP contribution is 2.29. The molecule has 1 aliphatic heterocycles. The van der Waals surface area contributed by atoms with Gasteiger partial charge >= 0.3 is 0 Å². The van der Waals surface area contributed by atoms with Crippen LogP contribution in [0.1, 0.15) is 12.0 Å². The molecule has 0 saturated carbocycles. The van der Waals surface area contributed by atoms with Crippen molar-refractivity contribution >= 4 is 11.7 Å². The summed E-state index contributed by atoms with van der Waals surface area (Å²) < 4.78 is 11.3. The summed E-state index contributed by atoms with van der Waals surface area (Å²) in [6.07, 6.45) is 0.960. The summed E-state index contributed by atoms with van der Waals surface area (Å²) >= 11 is 0. The lowest BCUT2D eigenvalue weighted by atomic mass is 10.1. The second-order valence-electron chi connectivity index (χ2n) is 4.95. The number of aliphatic hydroxyl groups excluding tert-OH is 1. The van der Waals surface area contributed by atoms with Crippen molar-refractivity contribution in [3.63, 3.8) is 0 Å². The average Bonchev–Trinajstić information content (AvgIpc) is 2.72. The van der Waals surface area contributed by atoms with Gasteiger partial charge in [-0.25, -0.2) is 0 Å². The van der Waals surface area contributed by atoms with Crippen molar-refractivity contribution in [2.24, 2.45) is 10.7 Å². The van der Waals surface area contributed by atoms with Crippen LogP contribution in [0, 0.1) is 0 Å². The van der Waals surface area contributed by atoms with Crippen molar-refractivity contribution in [1.29, 1.82) is 0 Å². The van der Waals surface area contributed by atoms with Crippen molar-refractivity contribution in [1.82, 2.24) is 4.90 Å². The van der Waals surface area contributed by atoms with Gasteiger partial charge in [0.1, 0.15) is 23.9 Å². The van der Waals surface area contributed by atoms with E-state index in [9.17, 15) is 4.79 Å². The average molecular weight is 319 g/mol. The number of aliphatic hydroxyl groups is 1. The first kappa shape index (κ1) is 16.8. The van der Waals surface area contributed by atoms with E-state index in [1.807, 2.05) is 11.0 Å². The van der Waals surface area contributed by atoms with Gasteiger partial charge in [-0.1, -0.05) is 6.58 Å². The molecule has 0 aliphatic carbocycles. The maximum atomic E-state index is 11.3. The number of amidine groups is 1. The number of rotatable bonds is 6. The molecule has 1 atom stereocenters. The van der Waals surface area contributed by atoms with E-state index in [4.69, 9.17) is 20.3 Å². The molecule has 0 aromatic heterocycles. The minimum atomic E-state index is -0.882. The highest BCUT2D eigenvalue weighted by molar-refractivity contribution is 6.02. The van der Waals surface area contributed by atoms with Gasteiger partial charge in [0, 0.05) is 26.1 Å². The molecule has 0 spiro atoms. The van der Waals surface area contributed by atoms with Crippen LogP contribution in [0.3, 0.4) is 0 Å². The number of fused-ring (bicyclic) bond motifs is 1. The Labute approximate surface area is 135 Å². The molecule has 7 nitrogen and oxygen atoms in total. The van der Waals surface area contributed by atoms with Gasteiger partial charge in [0.05, 0.1) is 12.1 Å². The van der Waals surface area contributed by atoms with Crippen LogP contribution >= 0.6 is 0 Å². The van der Waals surface area contributed by atoms with Crippen LogP contribution in [-0.2, 0) is 4.79 Å². The largest absolute Gasteiger partial charge is 0.491 e. The van der Waals surface area contributed by atoms with E-state index in [2.05, 4.69) is 11.6 Å². The summed E-state index contributed by atoms with van der Waals surface area (Å²) in [6, 6.07) is 5.22. The molecule has 1 heterocycles. The Morgan fingerprint density at radius 2 is 2.43 bits per heavy atom. The third-order valence-electron chi connectivity index (χ3n) is 3.47. The summed E-state index contributed by atoms with van der Waals surface area (Å²) in [4.78, 5) is 17.5. The number of benzene rings is 1. The number of nitrogens with two attached hydrogens (primary N) is 1. The molecule has 2 rings (SSSR count). The first-order valence-electron chi connectivity index (χ1n) is 7.30. The van der Waals surface area contributed by atoms with E-state index >= 15 is 0 Å². The maximum Gasteiger partial charge on any atom is 0.258 e. The van der Waals surface area contributed by atoms with Crippen LogP contribution < -0.4 is 15.2 Å². The van der Waals surface area contributed by atoms with Gasteiger partial charge < -0.3 is 25.2 Å². The van der Waals surface area contributed by atoms with Gasteiger partial charge in [0.25, 0.3) is 5.91 Å². The SMILES string of the molecule is C=CN1CCOc2cc(O[C@@H](CCO)C(N)=O)ccc2C1=NC. The molecule has 0 bridgehead atoms. The van der Waals surface area contributed by atoms with E-state index in [0.717, 1.165) is 11.4 Å². The van der Waals surface area contributed by atoms with Gasteiger partial charge in [-0.15, -0.1) is 0 Å². The lowest BCUT2D eigenvalue weighted by Crippen LogP contribution is -2.34. The van der Waals surface area contributed by atoms with E-state index in [-0.39, 0.29) is 13.0 Å². The first-order chi connectivity index (χ1) is 11.1. The fraction of sp³-hybridized carbons (Fsp3) is 0.375. The number of amides is 1. The van der Waals surface area contributed by atoms with Crippen molar-refractivity contribution in [2.45, 2.75) is 12.5 Å². The lowest BCUT2D eigenvalue weighted by Gasteiger charge is -2.19. The van der Waals surface area contributed by atoms with Crippen LogP contribution in [0.4, 0.5) is 0 Å². The molecular formula is C16H21N3O4. The van der Waals surface area contributed by atoms with E-state index in [1.165, 1.54) is 0 Å². The number of carbonyl (C=O) groups is 1. The zero-order valence-corrected chi connectivity index (χ0v) is 13.1. The fourth-order valence-corrected chi connectivity index (χ4v) is 2.36. The monoisotopic (exact) mass is 319 g/mol. The summed E-state index contributed by atoms with van der Waals surface area (Å²) in [6.45, 7) is 4.70. The van der Waals surface area contributed by atoms with Crippen molar-refractivity contribution < 1.29 is 19.4 Å². The molecule has 1 aromatic carbocycles. The zero-order valence-electron chi connectivity index (χ0n) is 13.1. The molecule has 0 radical (unpaired) electrons. The first-order valence-corrected chi connectivity index (χ1v) is 7.30. The van der Waals surface area contributed by atoms with Crippen LogP contribution in [0.25, 0.3) is 0 Å². The molecule has 0 fully saturated rings. The number of carbonyl (C=O) groups excluding carboxylic acids is 1. The molecule has 0 unspecified atom stereocenters. The van der Waals surface area contributed by atoms with E-state index < -0.39 is 12.0 Å². The van der Waals surface area contributed by atoms with Crippen LogP contribution in [0.2, 0.25) is 0 Å². The van der Waals surface area contributed by atoms with Crippen LogP contribution in [0.5, 0.6) is 11.5 Å².